The van der Waals surface area contributed by atoms with Crippen molar-refractivity contribution in [1.29, 1.82) is 0 Å². The lowest BCUT2D eigenvalue weighted by molar-refractivity contribution is -0.137. The normalized spacial score (nSPS) is 10.5. The van der Waals surface area contributed by atoms with Crippen LogP contribution in [0.4, 0.5) is 0 Å². The molecule has 4 amide bonds. The van der Waals surface area contributed by atoms with Crippen LogP contribution in [0, 0.1) is 0 Å². The summed E-state index contributed by atoms with van der Waals surface area (Å²) in [7, 11) is 0. The van der Waals surface area contributed by atoms with Crippen LogP contribution in [0.2, 0.25) is 0 Å². The molecule has 8 heteroatoms. The summed E-state index contributed by atoms with van der Waals surface area (Å²) < 4.78 is 0. The van der Waals surface area contributed by atoms with Crippen molar-refractivity contribution in [2.45, 2.75) is 32.4 Å². The van der Waals surface area contributed by atoms with E-state index in [0.717, 1.165) is 13.8 Å². The van der Waals surface area contributed by atoms with Gasteiger partial charge in [-0.2, -0.15) is 0 Å². The second kappa shape index (κ2) is 5.83. The molecule has 0 saturated heterocycles. The fourth-order valence-corrected chi connectivity index (χ4v) is 1.31. The molecule has 8 nitrogen and oxygen atoms in total. The van der Waals surface area contributed by atoms with E-state index in [9.17, 15) is 19.2 Å². The third-order valence-electron chi connectivity index (χ3n) is 1.95. The molecule has 0 bridgehead atoms. The molecule has 0 saturated carbocycles. The van der Waals surface area contributed by atoms with Gasteiger partial charge in [-0.25, -0.2) is 0 Å². The third-order valence-corrected chi connectivity index (χ3v) is 1.95. The fourth-order valence-electron chi connectivity index (χ4n) is 1.31. The molecular weight excluding hydrogens is 228 g/mol. The maximum Gasteiger partial charge on any atom is 0.264 e. The molecule has 0 aliphatic rings. The molecular formula is C9H16N4O4. The van der Waals surface area contributed by atoms with Gasteiger partial charge in [0, 0.05) is 26.7 Å². The largest absolute Gasteiger partial charge is 0.370 e. The maximum atomic E-state index is 11.3. The highest BCUT2D eigenvalue weighted by Gasteiger charge is 2.38. The first kappa shape index (κ1) is 14.9. The van der Waals surface area contributed by atoms with Crippen molar-refractivity contribution in [1.82, 2.24) is 10.6 Å². The lowest BCUT2D eigenvalue weighted by Gasteiger charge is -2.31. The fraction of sp³-hybridized carbons (Fsp3) is 0.556. The SMILES string of the molecule is CC(=O)NC(CCC(N)=O)(NC(C)=O)C(N)=O. The summed E-state index contributed by atoms with van der Waals surface area (Å²) in [5, 5.41) is 4.45. The number of nitrogens with two attached hydrogens (primary N) is 2. The molecule has 6 N–H and O–H groups in total. The number of primary amides is 2. The highest BCUT2D eigenvalue weighted by atomic mass is 16.2. The predicted molar refractivity (Wildman–Crippen MR) is 58.0 cm³/mol. The zero-order chi connectivity index (χ0) is 13.6. The number of carbonyl (C=O) groups is 4. The first-order valence-electron chi connectivity index (χ1n) is 4.85. The first-order chi connectivity index (χ1) is 7.69. The summed E-state index contributed by atoms with van der Waals surface area (Å²) in [6.45, 7) is 2.31. The summed E-state index contributed by atoms with van der Waals surface area (Å²) >= 11 is 0. The Morgan fingerprint density at radius 3 is 1.65 bits per heavy atom. The molecule has 0 heterocycles. The number of hydrogen-bond acceptors (Lipinski definition) is 4. The number of hydrogen-bond donors (Lipinski definition) is 4. The van der Waals surface area contributed by atoms with Crippen LogP contribution in [0.5, 0.6) is 0 Å². The molecule has 0 spiro atoms. The number of rotatable bonds is 6. The van der Waals surface area contributed by atoms with Gasteiger partial charge >= 0.3 is 0 Å². The van der Waals surface area contributed by atoms with E-state index in [1.807, 2.05) is 0 Å². The molecule has 0 aromatic carbocycles. The molecule has 17 heavy (non-hydrogen) atoms. The van der Waals surface area contributed by atoms with Gasteiger partial charge in [0.25, 0.3) is 5.91 Å². The molecule has 0 aromatic rings. The maximum absolute atomic E-state index is 11.3. The zero-order valence-corrected chi connectivity index (χ0v) is 9.70. The van der Waals surface area contributed by atoms with Crippen LogP contribution in [0.3, 0.4) is 0 Å². The summed E-state index contributed by atoms with van der Waals surface area (Å²) in [6, 6.07) is 0. The van der Waals surface area contributed by atoms with E-state index in [1.54, 1.807) is 0 Å². The van der Waals surface area contributed by atoms with Gasteiger partial charge < -0.3 is 22.1 Å². The van der Waals surface area contributed by atoms with E-state index in [1.165, 1.54) is 0 Å². The van der Waals surface area contributed by atoms with Crippen LogP contribution >= 0.6 is 0 Å². The Labute approximate surface area is 98.1 Å². The van der Waals surface area contributed by atoms with Crippen molar-refractivity contribution in [2.24, 2.45) is 11.5 Å². The molecule has 0 aromatic heterocycles. The van der Waals surface area contributed by atoms with Gasteiger partial charge in [0.1, 0.15) is 0 Å². The van der Waals surface area contributed by atoms with Crippen LogP contribution in [0.15, 0.2) is 0 Å². The molecule has 0 radical (unpaired) electrons. The average Bonchev–Trinajstić information content (AvgIpc) is 2.11. The molecule has 0 rings (SSSR count). The second-order valence-electron chi connectivity index (χ2n) is 3.60. The van der Waals surface area contributed by atoms with E-state index in [4.69, 9.17) is 11.5 Å². The van der Waals surface area contributed by atoms with Gasteiger partial charge in [-0.05, 0) is 0 Å². The topological polar surface area (TPSA) is 144 Å². The Kier molecular flexibility index (Phi) is 5.10. The Hall–Kier alpha value is -2.12. The van der Waals surface area contributed by atoms with E-state index in [2.05, 4.69) is 10.6 Å². The van der Waals surface area contributed by atoms with Crippen LogP contribution in [-0.2, 0) is 19.2 Å². The molecule has 0 unspecified atom stereocenters. The highest BCUT2D eigenvalue weighted by molar-refractivity contribution is 5.93. The minimum absolute atomic E-state index is 0.198. The smallest absolute Gasteiger partial charge is 0.264 e. The number of amides is 4. The molecule has 0 aliphatic heterocycles. The summed E-state index contributed by atoms with van der Waals surface area (Å²) in [4.78, 5) is 44.0. The van der Waals surface area contributed by atoms with Gasteiger partial charge in [0.05, 0.1) is 0 Å². The van der Waals surface area contributed by atoms with Crippen molar-refractivity contribution < 1.29 is 19.2 Å². The first-order valence-corrected chi connectivity index (χ1v) is 4.85. The van der Waals surface area contributed by atoms with Crippen molar-refractivity contribution >= 4 is 23.6 Å². The highest BCUT2D eigenvalue weighted by Crippen LogP contribution is 2.09. The Morgan fingerprint density at radius 1 is 1.00 bits per heavy atom. The van der Waals surface area contributed by atoms with Crippen molar-refractivity contribution in [3.05, 3.63) is 0 Å². The Bertz CT molecular complexity index is 337. The van der Waals surface area contributed by atoms with Gasteiger partial charge in [-0.1, -0.05) is 0 Å². The van der Waals surface area contributed by atoms with Gasteiger partial charge in [0.15, 0.2) is 5.66 Å². The molecule has 0 aliphatic carbocycles. The Balaban J connectivity index is 5.07. The summed E-state index contributed by atoms with van der Waals surface area (Å²) in [5.74, 6) is -2.78. The monoisotopic (exact) mass is 244 g/mol. The Morgan fingerprint density at radius 2 is 1.41 bits per heavy atom. The van der Waals surface area contributed by atoms with Crippen LogP contribution in [-0.4, -0.2) is 29.3 Å². The lowest BCUT2D eigenvalue weighted by Crippen LogP contribution is -2.67. The van der Waals surface area contributed by atoms with Crippen LogP contribution in [0.1, 0.15) is 26.7 Å². The zero-order valence-electron chi connectivity index (χ0n) is 9.70. The second-order valence-corrected chi connectivity index (χ2v) is 3.60. The van der Waals surface area contributed by atoms with Crippen LogP contribution < -0.4 is 22.1 Å². The summed E-state index contributed by atoms with van der Waals surface area (Å²) in [6.07, 6.45) is -0.402. The molecule has 96 valence electrons. The van der Waals surface area contributed by atoms with Gasteiger partial charge in [-0.3, -0.25) is 19.2 Å². The number of nitrogens with one attached hydrogen (secondary N) is 2. The van der Waals surface area contributed by atoms with E-state index in [-0.39, 0.29) is 12.8 Å². The van der Waals surface area contributed by atoms with E-state index < -0.39 is 29.3 Å². The lowest BCUT2D eigenvalue weighted by atomic mass is 10.0. The predicted octanol–water partition coefficient (Wildman–Crippen LogP) is -2.29. The quantitative estimate of drug-likeness (QED) is 0.389. The van der Waals surface area contributed by atoms with E-state index >= 15 is 0 Å². The summed E-state index contributed by atoms with van der Waals surface area (Å²) in [5.41, 5.74) is 8.29. The standard InChI is InChI=1S/C9H16N4O4/c1-5(14)12-9(8(11)17,13-6(2)15)4-3-7(10)16/h3-4H2,1-2H3,(H2,10,16)(H2,11,17)(H,12,14)(H,13,15). The van der Waals surface area contributed by atoms with E-state index in [0.29, 0.717) is 0 Å². The third kappa shape index (κ3) is 4.96. The van der Waals surface area contributed by atoms with Gasteiger partial charge in [0.2, 0.25) is 17.7 Å². The molecule has 0 atom stereocenters. The van der Waals surface area contributed by atoms with Crippen LogP contribution in [0.25, 0.3) is 0 Å². The average molecular weight is 244 g/mol. The minimum atomic E-state index is -1.79. The molecule has 0 fully saturated rings. The number of carbonyl (C=O) groups excluding carboxylic acids is 4. The minimum Gasteiger partial charge on any atom is -0.370 e. The van der Waals surface area contributed by atoms with Crippen molar-refractivity contribution in [3.63, 3.8) is 0 Å². The van der Waals surface area contributed by atoms with Crippen molar-refractivity contribution in [2.75, 3.05) is 0 Å². The van der Waals surface area contributed by atoms with Gasteiger partial charge in [-0.15, -0.1) is 0 Å². The van der Waals surface area contributed by atoms with Crippen molar-refractivity contribution in [3.8, 4) is 0 Å².